The molecule has 1 aliphatic rings. The molecule has 0 unspecified atom stereocenters. The van der Waals surface area contributed by atoms with E-state index in [1.165, 1.54) is 5.56 Å². The summed E-state index contributed by atoms with van der Waals surface area (Å²) in [5.41, 5.74) is 0.759. The average molecular weight is 426 g/mol. The van der Waals surface area contributed by atoms with Gasteiger partial charge in [0.15, 0.2) is 0 Å². The maximum absolute atomic E-state index is 12.2. The zero-order valence-corrected chi connectivity index (χ0v) is 18.3. The first-order valence-electron chi connectivity index (χ1n) is 9.52. The van der Waals surface area contributed by atoms with E-state index in [4.69, 9.17) is 9.47 Å². The Kier molecular flexibility index (Phi) is 7.39. The van der Waals surface area contributed by atoms with E-state index >= 15 is 0 Å². The van der Waals surface area contributed by atoms with Crippen molar-refractivity contribution in [3.8, 4) is 5.75 Å². The summed E-state index contributed by atoms with van der Waals surface area (Å²) in [6.07, 6.45) is 2.93. The fourth-order valence-corrected chi connectivity index (χ4v) is 3.53. The van der Waals surface area contributed by atoms with E-state index in [1.54, 1.807) is 0 Å². The van der Waals surface area contributed by atoms with Gasteiger partial charge in [-0.05, 0) is 82.6 Å². The maximum Gasteiger partial charge on any atom is 0.410 e. The molecule has 5 heteroatoms. The first kappa shape index (κ1) is 21.1. The van der Waals surface area contributed by atoms with Gasteiger partial charge in [-0.25, -0.2) is 4.79 Å². The number of hydrogen-bond acceptors (Lipinski definition) is 3. The van der Waals surface area contributed by atoms with Crippen LogP contribution in [0.25, 0.3) is 0 Å². The predicted octanol–water partition coefficient (Wildman–Crippen LogP) is 5.81. The van der Waals surface area contributed by atoms with Crippen LogP contribution in [0.3, 0.4) is 0 Å². The van der Waals surface area contributed by atoms with Gasteiger partial charge in [0.2, 0.25) is 0 Å². The molecule has 1 aromatic carbocycles. The summed E-state index contributed by atoms with van der Waals surface area (Å²) >= 11 is 3.51. The Bertz CT molecular complexity index is 604. The molecule has 0 aliphatic carbocycles. The normalized spacial score (nSPS) is 17.1. The zero-order valence-electron chi connectivity index (χ0n) is 16.7. The molecule has 0 bridgehead atoms. The van der Waals surface area contributed by atoms with Crippen molar-refractivity contribution in [3.05, 3.63) is 28.2 Å². The Balaban J connectivity index is 1.71. The third-order valence-corrected chi connectivity index (χ3v) is 5.86. The molecule has 1 amide bonds. The summed E-state index contributed by atoms with van der Waals surface area (Å²) in [6, 6.07) is 6.09. The second kappa shape index (κ2) is 9.12. The van der Waals surface area contributed by atoms with Crippen LogP contribution in [-0.2, 0) is 4.74 Å². The summed E-state index contributed by atoms with van der Waals surface area (Å²) < 4.78 is 12.5. The van der Waals surface area contributed by atoms with Gasteiger partial charge in [-0.15, -0.1) is 0 Å². The van der Waals surface area contributed by atoms with Crippen LogP contribution in [0.2, 0.25) is 0 Å². The number of aryl methyl sites for hydroxylation is 1. The number of halogens is 1. The summed E-state index contributed by atoms with van der Waals surface area (Å²) in [7, 11) is 0. The van der Waals surface area contributed by atoms with Crippen molar-refractivity contribution in [2.75, 3.05) is 19.7 Å². The number of rotatable bonds is 5. The lowest BCUT2D eigenvalue weighted by atomic mass is 9.84. The lowest BCUT2D eigenvalue weighted by Gasteiger charge is -2.35. The summed E-state index contributed by atoms with van der Waals surface area (Å²) in [6.45, 7) is 12.4. The molecule has 1 aromatic rings. The summed E-state index contributed by atoms with van der Waals surface area (Å²) in [4.78, 5) is 14.0. The number of piperidine rings is 1. The summed E-state index contributed by atoms with van der Waals surface area (Å²) in [5.74, 6) is 2.16. The van der Waals surface area contributed by atoms with Gasteiger partial charge < -0.3 is 14.4 Å². The number of amides is 1. The quantitative estimate of drug-likeness (QED) is 0.597. The van der Waals surface area contributed by atoms with E-state index < -0.39 is 5.60 Å². The van der Waals surface area contributed by atoms with Gasteiger partial charge in [0.1, 0.15) is 11.4 Å². The Hall–Kier alpha value is -1.23. The second-order valence-electron chi connectivity index (χ2n) is 8.33. The maximum atomic E-state index is 12.2. The highest BCUT2D eigenvalue weighted by molar-refractivity contribution is 9.10. The minimum Gasteiger partial charge on any atom is -0.494 e. The molecular formula is C21H32BrNO3. The minimum atomic E-state index is -0.427. The van der Waals surface area contributed by atoms with Gasteiger partial charge in [0.05, 0.1) is 6.61 Å². The molecule has 0 aromatic heterocycles. The standard InChI is InChI=1S/C21H32BrNO3/c1-15(10-13-25-18-6-7-19(22)16(2)14-18)17-8-11-23(12-9-17)20(24)26-21(3,4)5/h6-7,14-15,17H,8-13H2,1-5H3/t15-/m0/s1. The molecule has 1 saturated heterocycles. The van der Waals surface area contributed by atoms with Crippen LogP contribution in [0.1, 0.15) is 52.5 Å². The molecule has 1 fully saturated rings. The van der Waals surface area contributed by atoms with Crippen LogP contribution >= 0.6 is 15.9 Å². The average Bonchev–Trinajstić information content (AvgIpc) is 2.56. The second-order valence-corrected chi connectivity index (χ2v) is 9.18. The van der Waals surface area contributed by atoms with Crippen LogP contribution < -0.4 is 4.74 Å². The van der Waals surface area contributed by atoms with Crippen LogP contribution in [0.5, 0.6) is 5.75 Å². The highest BCUT2D eigenvalue weighted by atomic mass is 79.9. The number of ether oxygens (including phenoxy) is 2. The molecular weight excluding hydrogens is 394 g/mol. The van der Waals surface area contributed by atoms with Gasteiger partial charge >= 0.3 is 6.09 Å². The Morgan fingerprint density at radius 1 is 1.31 bits per heavy atom. The van der Waals surface area contributed by atoms with Crippen LogP contribution in [0.4, 0.5) is 4.79 Å². The monoisotopic (exact) mass is 425 g/mol. The molecule has 0 N–H and O–H groups in total. The smallest absolute Gasteiger partial charge is 0.410 e. The lowest BCUT2D eigenvalue weighted by Crippen LogP contribution is -2.42. The topological polar surface area (TPSA) is 38.8 Å². The van der Waals surface area contributed by atoms with E-state index in [-0.39, 0.29) is 6.09 Å². The number of hydrogen-bond donors (Lipinski definition) is 0. The van der Waals surface area contributed by atoms with E-state index in [9.17, 15) is 4.79 Å². The van der Waals surface area contributed by atoms with E-state index in [1.807, 2.05) is 37.8 Å². The van der Waals surface area contributed by atoms with Gasteiger partial charge in [0.25, 0.3) is 0 Å². The van der Waals surface area contributed by atoms with Gasteiger partial charge in [0, 0.05) is 17.6 Å². The molecule has 26 heavy (non-hydrogen) atoms. The number of carbonyl (C=O) groups excluding carboxylic acids is 1. The molecule has 0 saturated carbocycles. The molecule has 1 heterocycles. The van der Waals surface area contributed by atoms with E-state index in [0.29, 0.717) is 11.8 Å². The molecule has 4 nitrogen and oxygen atoms in total. The molecule has 0 spiro atoms. The third kappa shape index (κ3) is 6.49. The summed E-state index contributed by atoms with van der Waals surface area (Å²) in [5, 5.41) is 0. The predicted molar refractivity (Wildman–Crippen MR) is 109 cm³/mol. The molecule has 1 atom stereocenters. The zero-order chi connectivity index (χ0) is 19.3. The van der Waals surface area contributed by atoms with Gasteiger partial charge in [-0.2, -0.15) is 0 Å². The van der Waals surface area contributed by atoms with Crippen molar-refractivity contribution in [1.29, 1.82) is 0 Å². The Morgan fingerprint density at radius 2 is 1.96 bits per heavy atom. The van der Waals surface area contributed by atoms with E-state index in [2.05, 4.69) is 35.8 Å². The van der Waals surface area contributed by atoms with Crippen molar-refractivity contribution in [3.63, 3.8) is 0 Å². The number of nitrogens with zero attached hydrogens (tertiary/aromatic N) is 1. The Morgan fingerprint density at radius 3 is 2.54 bits per heavy atom. The van der Waals surface area contributed by atoms with Crippen LogP contribution in [0.15, 0.2) is 22.7 Å². The highest BCUT2D eigenvalue weighted by Crippen LogP contribution is 2.28. The van der Waals surface area contributed by atoms with Gasteiger partial charge in [-0.1, -0.05) is 22.9 Å². The number of carbonyl (C=O) groups is 1. The number of benzene rings is 1. The first-order valence-corrected chi connectivity index (χ1v) is 10.3. The van der Waals surface area contributed by atoms with Crippen LogP contribution in [-0.4, -0.2) is 36.3 Å². The van der Waals surface area contributed by atoms with Crippen molar-refractivity contribution >= 4 is 22.0 Å². The van der Waals surface area contributed by atoms with Crippen LogP contribution in [0, 0.1) is 18.8 Å². The molecule has 146 valence electrons. The fourth-order valence-electron chi connectivity index (χ4n) is 3.28. The Labute approximate surface area is 166 Å². The third-order valence-electron chi connectivity index (χ3n) is 4.97. The fraction of sp³-hybridized carbons (Fsp3) is 0.667. The molecule has 1 aliphatic heterocycles. The van der Waals surface area contributed by atoms with Crippen molar-refractivity contribution in [2.24, 2.45) is 11.8 Å². The first-order chi connectivity index (χ1) is 12.2. The molecule has 0 radical (unpaired) electrons. The lowest BCUT2D eigenvalue weighted by molar-refractivity contribution is 0.0158. The SMILES string of the molecule is Cc1cc(OCC[C@H](C)C2CCN(C(=O)OC(C)(C)C)CC2)ccc1Br. The van der Waals surface area contributed by atoms with Gasteiger partial charge in [-0.3, -0.25) is 0 Å². The number of likely N-dealkylation sites (tertiary alicyclic amines) is 1. The highest BCUT2D eigenvalue weighted by Gasteiger charge is 2.29. The molecule has 2 rings (SSSR count). The van der Waals surface area contributed by atoms with E-state index in [0.717, 1.165) is 49.2 Å². The van der Waals surface area contributed by atoms with Crippen molar-refractivity contribution in [2.45, 2.75) is 59.5 Å². The minimum absolute atomic E-state index is 0.183. The largest absolute Gasteiger partial charge is 0.494 e. The van der Waals surface area contributed by atoms with Crippen molar-refractivity contribution in [1.82, 2.24) is 4.90 Å². The van der Waals surface area contributed by atoms with Crippen molar-refractivity contribution < 1.29 is 14.3 Å².